The Labute approximate surface area is 136 Å². The lowest BCUT2D eigenvalue weighted by atomic mass is 10.1. The maximum Gasteiger partial charge on any atom is 0.123 e. The summed E-state index contributed by atoms with van der Waals surface area (Å²) in [6.07, 6.45) is 3.96. The second kappa shape index (κ2) is 6.42. The Morgan fingerprint density at radius 3 is 2.87 bits per heavy atom. The van der Waals surface area contributed by atoms with Crippen LogP contribution in [0.4, 0.5) is 4.39 Å². The van der Waals surface area contributed by atoms with Gasteiger partial charge in [0.15, 0.2) is 0 Å². The van der Waals surface area contributed by atoms with Gasteiger partial charge in [-0.1, -0.05) is 12.1 Å². The summed E-state index contributed by atoms with van der Waals surface area (Å²) in [5.41, 5.74) is 2.09. The van der Waals surface area contributed by atoms with E-state index in [0.29, 0.717) is 6.61 Å². The average Bonchev–Trinajstić information content (AvgIpc) is 2.96. The number of aromatic nitrogens is 2. The first-order valence-corrected chi connectivity index (χ1v) is 8.05. The van der Waals surface area contributed by atoms with E-state index in [1.54, 1.807) is 12.1 Å². The van der Waals surface area contributed by atoms with Gasteiger partial charge in [-0.3, -0.25) is 9.58 Å². The first kappa shape index (κ1) is 16.1. The normalized spacial score (nSPS) is 19.9. The maximum absolute atomic E-state index is 13.4. The van der Waals surface area contributed by atoms with E-state index in [1.165, 1.54) is 11.6 Å². The molecule has 1 atom stereocenters. The first-order chi connectivity index (χ1) is 10.9. The number of hydrogen-bond acceptors (Lipinski definition) is 3. The van der Waals surface area contributed by atoms with Crippen molar-refractivity contribution in [3.8, 4) is 0 Å². The van der Waals surface area contributed by atoms with Crippen LogP contribution in [0.25, 0.3) is 0 Å². The Bertz CT molecular complexity index is 662. The van der Waals surface area contributed by atoms with Crippen LogP contribution in [-0.2, 0) is 16.8 Å². The van der Waals surface area contributed by atoms with Crippen molar-refractivity contribution in [3.63, 3.8) is 0 Å². The van der Waals surface area contributed by atoms with E-state index in [0.717, 1.165) is 25.2 Å². The molecule has 1 fully saturated rings. The predicted octanol–water partition coefficient (Wildman–Crippen LogP) is 3.35. The summed E-state index contributed by atoms with van der Waals surface area (Å²) in [6, 6.07) is 6.69. The predicted molar refractivity (Wildman–Crippen MR) is 87.6 cm³/mol. The van der Waals surface area contributed by atoms with Crippen molar-refractivity contribution >= 4 is 0 Å². The van der Waals surface area contributed by atoms with Gasteiger partial charge < -0.3 is 4.74 Å². The molecule has 0 saturated carbocycles. The highest BCUT2D eigenvalue weighted by atomic mass is 19.1. The van der Waals surface area contributed by atoms with E-state index < -0.39 is 0 Å². The number of halogens is 1. The van der Waals surface area contributed by atoms with Crippen molar-refractivity contribution in [1.29, 1.82) is 0 Å². The standard InChI is InChI=1S/C18H24FN3O/c1-18(2,3)22-12-14(10-20-22)11-21-7-8-23-17(13-21)15-5-4-6-16(19)9-15/h4-6,9-10,12,17H,7-8,11,13H2,1-3H3/t17-/m0/s1. The highest BCUT2D eigenvalue weighted by Crippen LogP contribution is 2.24. The van der Waals surface area contributed by atoms with Gasteiger partial charge in [-0.2, -0.15) is 5.10 Å². The molecule has 0 bridgehead atoms. The molecule has 2 heterocycles. The van der Waals surface area contributed by atoms with Crippen LogP contribution < -0.4 is 0 Å². The van der Waals surface area contributed by atoms with Crippen LogP contribution in [0.3, 0.4) is 0 Å². The Morgan fingerprint density at radius 2 is 2.17 bits per heavy atom. The number of rotatable bonds is 3. The lowest BCUT2D eigenvalue weighted by Crippen LogP contribution is -2.37. The lowest BCUT2D eigenvalue weighted by molar-refractivity contribution is -0.0330. The molecule has 4 nitrogen and oxygen atoms in total. The highest BCUT2D eigenvalue weighted by Gasteiger charge is 2.23. The first-order valence-electron chi connectivity index (χ1n) is 8.05. The summed E-state index contributed by atoms with van der Waals surface area (Å²) < 4.78 is 21.2. The van der Waals surface area contributed by atoms with Crippen molar-refractivity contribution in [2.24, 2.45) is 0 Å². The molecule has 1 aliphatic rings. The molecule has 0 unspecified atom stereocenters. The minimum Gasteiger partial charge on any atom is -0.371 e. The van der Waals surface area contributed by atoms with Crippen LogP contribution in [0.15, 0.2) is 36.7 Å². The minimum atomic E-state index is -0.213. The smallest absolute Gasteiger partial charge is 0.123 e. The molecule has 0 N–H and O–H groups in total. The Morgan fingerprint density at radius 1 is 1.35 bits per heavy atom. The molecule has 2 aromatic rings. The SMILES string of the molecule is CC(C)(C)n1cc(CN2CCO[C@H](c3cccc(F)c3)C2)cn1. The second-order valence-electron chi connectivity index (χ2n) is 7.11. The van der Waals surface area contributed by atoms with Crippen molar-refractivity contribution in [2.75, 3.05) is 19.7 Å². The van der Waals surface area contributed by atoms with Crippen LogP contribution in [0.5, 0.6) is 0 Å². The number of morpholine rings is 1. The third kappa shape index (κ3) is 3.98. The van der Waals surface area contributed by atoms with Crippen molar-refractivity contribution < 1.29 is 9.13 Å². The quantitative estimate of drug-likeness (QED) is 0.870. The molecule has 23 heavy (non-hydrogen) atoms. The van der Waals surface area contributed by atoms with Gasteiger partial charge in [-0.25, -0.2) is 4.39 Å². The fourth-order valence-electron chi connectivity index (χ4n) is 2.82. The van der Waals surface area contributed by atoms with Crippen LogP contribution in [-0.4, -0.2) is 34.4 Å². The van der Waals surface area contributed by atoms with Gasteiger partial charge in [0, 0.05) is 31.4 Å². The van der Waals surface area contributed by atoms with E-state index in [1.807, 2.05) is 16.9 Å². The van der Waals surface area contributed by atoms with E-state index in [9.17, 15) is 4.39 Å². The molecule has 0 radical (unpaired) electrons. The Balaban J connectivity index is 1.66. The van der Waals surface area contributed by atoms with Crippen molar-refractivity contribution in [3.05, 3.63) is 53.6 Å². The second-order valence-corrected chi connectivity index (χ2v) is 7.11. The Kier molecular flexibility index (Phi) is 4.50. The molecule has 1 saturated heterocycles. The van der Waals surface area contributed by atoms with Gasteiger partial charge in [0.05, 0.1) is 24.4 Å². The molecule has 1 aromatic heterocycles. The number of nitrogens with zero attached hydrogens (tertiary/aromatic N) is 3. The number of benzene rings is 1. The number of ether oxygens (including phenoxy) is 1. The summed E-state index contributed by atoms with van der Waals surface area (Å²) in [5, 5.41) is 4.45. The maximum atomic E-state index is 13.4. The third-order valence-corrected chi connectivity index (χ3v) is 4.10. The van der Waals surface area contributed by atoms with Crippen LogP contribution in [0.2, 0.25) is 0 Å². The van der Waals surface area contributed by atoms with Crippen molar-refractivity contribution in [2.45, 2.75) is 39.0 Å². The summed E-state index contributed by atoms with van der Waals surface area (Å²) in [6.45, 7) is 9.56. The number of hydrogen-bond donors (Lipinski definition) is 0. The van der Waals surface area contributed by atoms with Crippen LogP contribution >= 0.6 is 0 Å². The van der Waals surface area contributed by atoms with Crippen LogP contribution in [0, 0.1) is 5.82 Å². The van der Waals surface area contributed by atoms with Gasteiger partial charge >= 0.3 is 0 Å². The largest absolute Gasteiger partial charge is 0.371 e. The minimum absolute atomic E-state index is 0.00659. The van der Waals surface area contributed by atoms with E-state index in [-0.39, 0.29) is 17.5 Å². The zero-order chi connectivity index (χ0) is 16.4. The summed E-state index contributed by atoms with van der Waals surface area (Å²) in [4.78, 5) is 2.34. The fourth-order valence-corrected chi connectivity index (χ4v) is 2.82. The molecule has 1 aliphatic heterocycles. The molecule has 0 spiro atoms. The van der Waals surface area contributed by atoms with Gasteiger partial charge in [-0.15, -0.1) is 0 Å². The topological polar surface area (TPSA) is 30.3 Å². The molecule has 0 aliphatic carbocycles. The summed E-state index contributed by atoms with van der Waals surface area (Å²) in [5.74, 6) is -0.213. The van der Waals surface area contributed by atoms with Gasteiger partial charge in [0.2, 0.25) is 0 Å². The van der Waals surface area contributed by atoms with E-state index in [2.05, 4.69) is 37.0 Å². The van der Waals surface area contributed by atoms with E-state index in [4.69, 9.17) is 4.74 Å². The fraction of sp³-hybridized carbons (Fsp3) is 0.500. The monoisotopic (exact) mass is 317 g/mol. The van der Waals surface area contributed by atoms with Crippen LogP contribution in [0.1, 0.15) is 38.0 Å². The van der Waals surface area contributed by atoms with Gasteiger partial charge in [0.25, 0.3) is 0 Å². The molecule has 3 rings (SSSR count). The molecule has 0 amide bonds. The van der Waals surface area contributed by atoms with Gasteiger partial charge in [-0.05, 0) is 38.5 Å². The third-order valence-electron chi connectivity index (χ3n) is 4.10. The molecule has 1 aromatic carbocycles. The average molecular weight is 317 g/mol. The molecular formula is C18H24FN3O. The zero-order valence-electron chi connectivity index (χ0n) is 14.0. The summed E-state index contributed by atoms with van der Waals surface area (Å²) in [7, 11) is 0. The Hall–Kier alpha value is -1.72. The molecule has 5 heteroatoms. The lowest BCUT2D eigenvalue weighted by Gasteiger charge is -2.33. The van der Waals surface area contributed by atoms with E-state index >= 15 is 0 Å². The zero-order valence-corrected chi connectivity index (χ0v) is 14.0. The highest BCUT2D eigenvalue weighted by molar-refractivity contribution is 5.20. The van der Waals surface area contributed by atoms with Gasteiger partial charge in [0.1, 0.15) is 5.82 Å². The summed E-state index contributed by atoms with van der Waals surface area (Å²) >= 11 is 0. The van der Waals surface area contributed by atoms with Crippen molar-refractivity contribution in [1.82, 2.24) is 14.7 Å². The molecular weight excluding hydrogens is 293 g/mol. The molecule has 124 valence electrons.